The van der Waals surface area contributed by atoms with Crippen LogP contribution in [0.1, 0.15) is 145 Å². The zero-order chi connectivity index (χ0) is 54.9. The monoisotopic (exact) mass is 1050 g/mol. The number of amides is 1. The van der Waals surface area contributed by atoms with E-state index in [1.807, 2.05) is 70.2 Å². The molecule has 2 bridgehead atoms. The van der Waals surface area contributed by atoms with E-state index >= 15 is 4.79 Å². The number of hydrogen-bond acceptors (Lipinski definition) is 14. The third-order valence-corrected chi connectivity index (χ3v) is 21.7. The molecule has 416 valence electrons. The van der Waals surface area contributed by atoms with E-state index in [2.05, 4.69) is 40.8 Å². The largest absolute Gasteiger partial charge is 0.461 e. The lowest BCUT2D eigenvalue weighted by Crippen LogP contribution is -2.64. The summed E-state index contributed by atoms with van der Waals surface area (Å²) in [5, 5.41) is 24.0. The number of cyclic esters (lactones) is 1. The van der Waals surface area contributed by atoms with E-state index in [4.69, 9.17) is 32.8 Å². The van der Waals surface area contributed by atoms with Gasteiger partial charge in [-0.05, 0) is 112 Å². The van der Waals surface area contributed by atoms with E-state index in [0.29, 0.717) is 37.7 Å². The molecule has 1 aliphatic carbocycles. The number of nitrogens with zero attached hydrogens (tertiary/aromatic N) is 1. The number of esters is 2. The van der Waals surface area contributed by atoms with Crippen molar-refractivity contribution < 1.29 is 67.0 Å². The first-order valence-corrected chi connectivity index (χ1v) is 30.1. The van der Waals surface area contributed by atoms with Gasteiger partial charge < -0.3 is 48.0 Å². The molecule has 0 radical (unpaired) electrons. The first-order chi connectivity index (χ1) is 34.7. The average Bonchev–Trinajstić information content (AvgIpc) is 3.35. The Kier molecular flexibility index (Phi) is 21.6. The second-order valence-corrected chi connectivity index (χ2v) is 28.6. The van der Waals surface area contributed by atoms with Crippen LogP contribution in [0.25, 0.3) is 0 Å². The van der Waals surface area contributed by atoms with Crippen molar-refractivity contribution in [3.05, 3.63) is 59.2 Å². The number of Topliss-reactive ketones (excluding diaryl/α,β-unsaturated/α-hetero) is 2. The van der Waals surface area contributed by atoms with Crippen LogP contribution in [-0.2, 0) is 63.4 Å². The van der Waals surface area contributed by atoms with Gasteiger partial charge in [-0.25, -0.2) is 4.79 Å². The third-order valence-electron chi connectivity index (χ3n) is 17.2. The van der Waals surface area contributed by atoms with Crippen LogP contribution in [0, 0.1) is 29.6 Å². The van der Waals surface area contributed by atoms with Crippen molar-refractivity contribution >= 4 is 37.7 Å². The topological polar surface area (TPSA) is 194 Å². The van der Waals surface area contributed by atoms with Crippen LogP contribution < -0.4 is 0 Å². The molecule has 2 N–H and O–H groups in total. The molecule has 1 aromatic rings. The number of piperidine rings is 1. The maximum absolute atomic E-state index is 15.2. The Morgan fingerprint density at radius 3 is 2.19 bits per heavy atom. The van der Waals surface area contributed by atoms with E-state index in [0.717, 1.165) is 17.6 Å². The Hall–Kier alpha value is -3.61. The molecule has 0 spiro atoms. The number of carbonyl (C=O) groups is 5. The molecule has 1 saturated carbocycles. The van der Waals surface area contributed by atoms with E-state index in [9.17, 15) is 29.4 Å². The highest BCUT2D eigenvalue weighted by Gasteiger charge is 2.57. The Morgan fingerprint density at radius 1 is 0.905 bits per heavy atom. The van der Waals surface area contributed by atoms with Gasteiger partial charge in [0.15, 0.2) is 8.32 Å². The molecule has 2 saturated heterocycles. The molecule has 4 aliphatic rings. The van der Waals surface area contributed by atoms with E-state index in [-0.39, 0.29) is 80.3 Å². The van der Waals surface area contributed by atoms with Gasteiger partial charge in [-0.15, -0.1) is 0 Å². The number of allylic oxidation sites excluding steroid dienone is 3. The Labute approximate surface area is 442 Å². The van der Waals surface area contributed by atoms with E-state index in [1.54, 1.807) is 21.1 Å². The predicted molar refractivity (Wildman–Crippen MR) is 284 cm³/mol. The molecular weight excluding hydrogens is 963 g/mol. The minimum absolute atomic E-state index is 0.0267. The molecule has 3 fully saturated rings. The maximum Gasteiger partial charge on any atom is 0.329 e. The molecular formula is C58H91NO14Si. The third kappa shape index (κ3) is 15.1. The summed E-state index contributed by atoms with van der Waals surface area (Å²) in [6, 6.07) is 8.16. The lowest BCUT2D eigenvalue weighted by atomic mass is 9.74. The van der Waals surface area contributed by atoms with Crippen molar-refractivity contribution in [3.63, 3.8) is 0 Å². The van der Waals surface area contributed by atoms with Crippen molar-refractivity contribution in [2.75, 3.05) is 27.9 Å². The Morgan fingerprint density at radius 2 is 1.57 bits per heavy atom. The van der Waals surface area contributed by atoms with Gasteiger partial charge >= 0.3 is 11.9 Å². The van der Waals surface area contributed by atoms with Crippen LogP contribution >= 0.6 is 0 Å². The van der Waals surface area contributed by atoms with Crippen molar-refractivity contribution in [3.8, 4) is 0 Å². The molecule has 16 heteroatoms. The minimum Gasteiger partial charge on any atom is -0.461 e. The second-order valence-electron chi connectivity index (χ2n) is 23.9. The Balaban J connectivity index is 1.56. The van der Waals surface area contributed by atoms with Crippen LogP contribution in [0.2, 0.25) is 18.1 Å². The molecule has 1 amide bonds. The quantitative estimate of drug-likeness (QED) is 0.0872. The lowest BCUT2D eigenvalue weighted by Gasteiger charge is -2.47. The summed E-state index contributed by atoms with van der Waals surface area (Å²) in [5.74, 6) is -7.58. The summed E-state index contributed by atoms with van der Waals surface area (Å²) in [5.41, 5.74) is 1.04. The van der Waals surface area contributed by atoms with Crippen molar-refractivity contribution in [2.45, 2.75) is 218 Å². The highest BCUT2D eigenvalue weighted by atomic mass is 28.4. The zero-order valence-electron chi connectivity index (χ0n) is 47.1. The summed E-state index contributed by atoms with van der Waals surface area (Å²) >= 11 is 0. The maximum atomic E-state index is 15.2. The van der Waals surface area contributed by atoms with Gasteiger partial charge in [-0.3, -0.25) is 19.2 Å². The van der Waals surface area contributed by atoms with Gasteiger partial charge in [0.05, 0.1) is 30.8 Å². The van der Waals surface area contributed by atoms with Gasteiger partial charge in [-0.2, -0.15) is 0 Å². The fourth-order valence-electron chi connectivity index (χ4n) is 11.4. The highest BCUT2D eigenvalue weighted by Crippen LogP contribution is 2.43. The lowest BCUT2D eigenvalue weighted by molar-refractivity contribution is -0.302. The summed E-state index contributed by atoms with van der Waals surface area (Å²) in [6.07, 6.45) is 3.33. The molecule has 3 aliphatic heterocycles. The minimum atomic E-state index is -2.59. The highest BCUT2D eigenvalue weighted by molar-refractivity contribution is 6.74. The molecule has 1 aromatic carbocycles. The Bertz CT molecular complexity index is 2140. The number of aliphatic hydroxyl groups is 2. The number of carbonyl (C=O) groups excluding carboxylic acids is 5. The van der Waals surface area contributed by atoms with Crippen LogP contribution in [0.3, 0.4) is 0 Å². The molecule has 14 unspecified atom stereocenters. The average molecular weight is 1050 g/mol. The number of fused-ring (bicyclic) bond motifs is 3. The number of methoxy groups -OCH3 is 3. The zero-order valence-corrected chi connectivity index (χ0v) is 48.1. The van der Waals surface area contributed by atoms with Gasteiger partial charge in [0.2, 0.25) is 5.79 Å². The number of hydrogen-bond donors (Lipinski definition) is 2. The van der Waals surface area contributed by atoms with Crippen LogP contribution in [-0.4, -0.2) is 135 Å². The van der Waals surface area contributed by atoms with Crippen LogP contribution in [0.15, 0.2) is 53.6 Å². The molecule has 3 heterocycles. The van der Waals surface area contributed by atoms with E-state index < -0.39 is 97.8 Å². The number of benzene rings is 1. The first-order valence-electron chi connectivity index (χ1n) is 27.2. The fraction of sp³-hybridized carbons (Fsp3) is 0.741. The second kappa shape index (κ2) is 26.2. The predicted octanol–water partition coefficient (Wildman–Crippen LogP) is 9.01. The molecule has 0 aromatic heterocycles. The molecule has 5 rings (SSSR count). The molecule has 74 heavy (non-hydrogen) atoms. The van der Waals surface area contributed by atoms with Crippen LogP contribution in [0.4, 0.5) is 0 Å². The standard InChI is InChI=1S/C58H91NO14Si/c1-15-41-24-26-59-45(31-41)55(64)71-51(38(4)29-43-23-25-57(65,49(32-43)69-12)34-50(61)70-35-42-19-17-16-18-20-42)40(6)46(73-74(13,14)56(7,8)9)33-44(60)22-21-36(2)27-37(3)28-47(67-10)52-48(68-11)30-39(5)58(66,72-52)53(62)54(59)63/h16-21,29,37,39-41,43,45-49,51-52,65-66H,15,22-28,30-35H2,1-14H3/b36-21+,38-29?. The summed E-state index contributed by atoms with van der Waals surface area (Å²) in [4.78, 5) is 73.3. The molecule has 14 atom stereocenters. The normalized spacial score (nSPS) is 35.7. The van der Waals surface area contributed by atoms with Crippen molar-refractivity contribution in [2.24, 2.45) is 29.6 Å². The smallest absolute Gasteiger partial charge is 0.329 e. The number of rotatable bonds is 12. The summed E-state index contributed by atoms with van der Waals surface area (Å²) < 4.78 is 43.6. The van der Waals surface area contributed by atoms with Gasteiger partial charge in [0, 0.05) is 52.6 Å². The van der Waals surface area contributed by atoms with Crippen LogP contribution in [0.5, 0.6) is 0 Å². The summed E-state index contributed by atoms with van der Waals surface area (Å²) in [7, 11) is 2.01. The number of ether oxygens (including phenoxy) is 6. The van der Waals surface area contributed by atoms with Gasteiger partial charge in [0.1, 0.15) is 36.2 Å². The van der Waals surface area contributed by atoms with Gasteiger partial charge in [-0.1, -0.05) is 103 Å². The first kappa shape index (κ1) is 61.2. The van der Waals surface area contributed by atoms with Gasteiger partial charge in [0.25, 0.3) is 11.7 Å². The van der Waals surface area contributed by atoms with E-state index in [1.165, 1.54) is 12.0 Å². The van der Waals surface area contributed by atoms with Crippen molar-refractivity contribution in [1.29, 1.82) is 0 Å². The van der Waals surface area contributed by atoms with Crippen molar-refractivity contribution in [1.82, 2.24) is 4.90 Å². The molecule has 15 nitrogen and oxygen atoms in total. The fourth-order valence-corrected chi connectivity index (χ4v) is 12.8. The number of ketones is 2. The summed E-state index contributed by atoms with van der Waals surface area (Å²) in [6.45, 7) is 22.4. The SMILES string of the molecule is CCC1CCN2C(=O)C(=O)C3(O)OC(C(OC)CC(C)C/C(C)=C/CC(=O)CC(O[Si](C)(C)C(C)(C)C)C(C)C(C(C)=CC4CCC(O)(CC(=O)OCc5ccccc5)C(OC)C4)OC(=O)C2C1)C(OC)CC3C.